The second kappa shape index (κ2) is 9.31. The molecule has 0 bridgehead atoms. The number of esters is 2. The molecule has 0 saturated carbocycles. The average Bonchev–Trinajstić information content (AvgIpc) is 3.14. The van der Waals surface area contributed by atoms with E-state index in [0.717, 1.165) is 6.42 Å². The average molecular weight is 415 g/mol. The lowest BCUT2D eigenvalue weighted by atomic mass is 10.2. The number of hydrogen-bond acceptors (Lipinski definition) is 10. The minimum Gasteiger partial charge on any atom is -0.464 e. The monoisotopic (exact) mass is 415 g/mol. The van der Waals surface area contributed by atoms with Gasteiger partial charge in [0.25, 0.3) is 11.8 Å². The first-order valence-electron chi connectivity index (χ1n) is 9.36. The lowest BCUT2D eigenvalue weighted by Crippen LogP contribution is -2.43. The fourth-order valence-corrected chi connectivity index (χ4v) is 2.62. The van der Waals surface area contributed by atoms with Crippen molar-refractivity contribution >= 4 is 29.7 Å². The number of rotatable bonds is 8. The second-order valence-corrected chi connectivity index (χ2v) is 7.07. The number of carbonyl (C=O) groups excluding carboxylic acids is 5. The molecule has 2 amide bonds. The van der Waals surface area contributed by atoms with E-state index in [1.807, 2.05) is 6.92 Å². The van der Waals surface area contributed by atoms with Gasteiger partial charge < -0.3 is 23.8 Å². The molecular weight excluding hydrogens is 390 g/mol. The Morgan fingerprint density at radius 1 is 1.10 bits per heavy atom. The Balaban J connectivity index is 1.97. The SMILES string of the molecule is CCCCOC(=O)[C@@H]1OC(C)(C)O[C@H]1C(=O)O[C@@H](C)C(=O)ON1C(=O)CCC1=O. The Morgan fingerprint density at radius 3 is 2.21 bits per heavy atom. The summed E-state index contributed by atoms with van der Waals surface area (Å²) in [6.07, 6.45) is -2.95. The molecule has 2 aliphatic rings. The lowest BCUT2D eigenvalue weighted by Gasteiger charge is -2.19. The van der Waals surface area contributed by atoms with Crippen molar-refractivity contribution in [1.82, 2.24) is 5.06 Å². The molecule has 11 nitrogen and oxygen atoms in total. The molecule has 0 unspecified atom stereocenters. The van der Waals surface area contributed by atoms with Crippen LogP contribution in [0, 0.1) is 0 Å². The molecule has 2 aliphatic heterocycles. The quantitative estimate of drug-likeness (QED) is 0.311. The van der Waals surface area contributed by atoms with Gasteiger partial charge in [0.15, 0.2) is 24.1 Å². The Labute approximate surface area is 167 Å². The molecule has 2 heterocycles. The van der Waals surface area contributed by atoms with Gasteiger partial charge in [0, 0.05) is 12.8 Å². The van der Waals surface area contributed by atoms with E-state index in [9.17, 15) is 24.0 Å². The molecule has 2 fully saturated rings. The zero-order valence-corrected chi connectivity index (χ0v) is 16.8. The van der Waals surface area contributed by atoms with Crippen LogP contribution in [0.5, 0.6) is 0 Å². The Hall–Kier alpha value is -2.53. The molecule has 29 heavy (non-hydrogen) atoms. The highest BCUT2D eigenvalue weighted by molar-refractivity contribution is 6.01. The summed E-state index contributed by atoms with van der Waals surface area (Å²) in [5, 5.41) is 0.346. The van der Waals surface area contributed by atoms with E-state index in [2.05, 4.69) is 0 Å². The van der Waals surface area contributed by atoms with Crippen LogP contribution in [-0.2, 0) is 47.8 Å². The third-order valence-electron chi connectivity index (χ3n) is 4.12. The molecule has 3 atom stereocenters. The van der Waals surface area contributed by atoms with Crippen LogP contribution in [-0.4, -0.2) is 65.5 Å². The van der Waals surface area contributed by atoms with Gasteiger partial charge in [0.2, 0.25) is 0 Å². The first-order valence-corrected chi connectivity index (χ1v) is 9.36. The third kappa shape index (κ3) is 5.73. The van der Waals surface area contributed by atoms with Gasteiger partial charge in [0.05, 0.1) is 6.61 Å². The normalized spacial score (nSPS) is 24.3. The molecule has 0 aromatic carbocycles. The van der Waals surface area contributed by atoms with E-state index in [1.165, 1.54) is 20.8 Å². The van der Waals surface area contributed by atoms with Crippen LogP contribution in [0.1, 0.15) is 53.4 Å². The van der Waals surface area contributed by atoms with Crippen molar-refractivity contribution in [3.8, 4) is 0 Å². The number of ether oxygens (including phenoxy) is 4. The van der Waals surface area contributed by atoms with Crippen LogP contribution in [0.25, 0.3) is 0 Å². The predicted molar refractivity (Wildman–Crippen MR) is 92.4 cm³/mol. The van der Waals surface area contributed by atoms with Gasteiger partial charge >= 0.3 is 17.9 Å². The summed E-state index contributed by atoms with van der Waals surface area (Å²) >= 11 is 0. The molecule has 0 radical (unpaired) electrons. The minimum atomic E-state index is -1.47. The number of amides is 2. The Bertz CT molecular complexity index is 672. The molecule has 2 rings (SSSR count). The van der Waals surface area contributed by atoms with Gasteiger partial charge in [-0.3, -0.25) is 9.59 Å². The topological polar surface area (TPSA) is 135 Å². The third-order valence-corrected chi connectivity index (χ3v) is 4.12. The number of hydrogen-bond donors (Lipinski definition) is 0. The fraction of sp³-hybridized carbons (Fsp3) is 0.722. The van der Waals surface area contributed by atoms with Crippen LogP contribution >= 0.6 is 0 Å². The summed E-state index contributed by atoms with van der Waals surface area (Å²) in [4.78, 5) is 64.5. The van der Waals surface area contributed by atoms with E-state index >= 15 is 0 Å². The maximum absolute atomic E-state index is 12.5. The number of carbonyl (C=O) groups is 5. The molecule has 0 aromatic rings. The largest absolute Gasteiger partial charge is 0.464 e. The highest BCUT2D eigenvalue weighted by Gasteiger charge is 2.51. The predicted octanol–water partition coefficient (Wildman–Crippen LogP) is 0.389. The van der Waals surface area contributed by atoms with Crippen molar-refractivity contribution in [1.29, 1.82) is 0 Å². The Kier molecular flexibility index (Phi) is 7.31. The van der Waals surface area contributed by atoms with Crippen molar-refractivity contribution in [3.63, 3.8) is 0 Å². The van der Waals surface area contributed by atoms with Gasteiger partial charge in [-0.05, 0) is 27.2 Å². The molecule has 0 aromatic heterocycles. The number of hydroxylamine groups is 2. The molecule has 0 aliphatic carbocycles. The van der Waals surface area contributed by atoms with Crippen LogP contribution in [0.15, 0.2) is 0 Å². The van der Waals surface area contributed by atoms with Gasteiger partial charge in [-0.25, -0.2) is 14.4 Å². The zero-order valence-electron chi connectivity index (χ0n) is 16.8. The van der Waals surface area contributed by atoms with Gasteiger partial charge in [-0.2, -0.15) is 0 Å². The molecule has 11 heteroatoms. The lowest BCUT2D eigenvalue weighted by molar-refractivity contribution is -0.207. The van der Waals surface area contributed by atoms with Crippen LogP contribution in [0.3, 0.4) is 0 Å². The summed E-state index contributed by atoms with van der Waals surface area (Å²) in [6.45, 7) is 6.30. The van der Waals surface area contributed by atoms with E-state index in [4.69, 9.17) is 23.8 Å². The van der Waals surface area contributed by atoms with E-state index in [1.54, 1.807) is 0 Å². The summed E-state index contributed by atoms with van der Waals surface area (Å²) < 4.78 is 21.0. The maximum Gasteiger partial charge on any atom is 0.373 e. The number of imide groups is 1. The van der Waals surface area contributed by atoms with Crippen LogP contribution in [0.2, 0.25) is 0 Å². The zero-order chi connectivity index (χ0) is 21.8. The minimum absolute atomic E-state index is 0.0650. The molecule has 0 spiro atoms. The summed E-state index contributed by atoms with van der Waals surface area (Å²) in [7, 11) is 0. The molecule has 162 valence electrons. The summed E-state index contributed by atoms with van der Waals surface area (Å²) in [5.74, 6) is -5.53. The van der Waals surface area contributed by atoms with Gasteiger partial charge in [-0.1, -0.05) is 13.3 Å². The Morgan fingerprint density at radius 2 is 1.66 bits per heavy atom. The van der Waals surface area contributed by atoms with Gasteiger partial charge in [-0.15, -0.1) is 5.06 Å². The first-order chi connectivity index (χ1) is 13.6. The van der Waals surface area contributed by atoms with E-state index in [-0.39, 0.29) is 19.4 Å². The smallest absolute Gasteiger partial charge is 0.373 e. The van der Waals surface area contributed by atoms with Crippen molar-refractivity contribution in [2.45, 2.75) is 77.5 Å². The van der Waals surface area contributed by atoms with Crippen LogP contribution in [0.4, 0.5) is 0 Å². The molecular formula is C18H25NO10. The van der Waals surface area contributed by atoms with Crippen molar-refractivity contribution in [3.05, 3.63) is 0 Å². The van der Waals surface area contributed by atoms with Crippen molar-refractivity contribution < 1.29 is 47.8 Å². The number of unbranched alkanes of at least 4 members (excludes halogenated alkanes) is 1. The summed E-state index contributed by atoms with van der Waals surface area (Å²) in [5.41, 5.74) is 0. The fourth-order valence-electron chi connectivity index (χ4n) is 2.62. The molecule has 2 saturated heterocycles. The van der Waals surface area contributed by atoms with E-state index < -0.39 is 53.8 Å². The van der Waals surface area contributed by atoms with Gasteiger partial charge in [0.1, 0.15) is 0 Å². The van der Waals surface area contributed by atoms with Crippen molar-refractivity contribution in [2.24, 2.45) is 0 Å². The van der Waals surface area contributed by atoms with Crippen LogP contribution < -0.4 is 0 Å². The molecule has 0 N–H and O–H groups in total. The van der Waals surface area contributed by atoms with Crippen molar-refractivity contribution in [2.75, 3.05) is 6.61 Å². The maximum atomic E-state index is 12.5. The highest BCUT2D eigenvalue weighted by Crippen LogP contribution is 2.30. The standard InChI is InChI=1S/C18H25NO10/c1-5-6-9-25-16(23)13-14(28-18(3,4)27-13)17(24)26-10(2)15(22)29-19-11(20)7-8-12(19)21/h10,13-14H,5-9H2,1-4H3/t10-,13+,14+/m0/s1. The summed E-state index contributed by atoms with van der Waals surface area (Å²) in [6, 6.07) is 0. The first kappa shape index (κ1) is 22.8. The highest BCUT2D eigenvalue weighted by atomic mass is 16.8. The van der Waals surface area contributed by atoms with E-state index in [0.29, 0.717) is 11.5 Å². The second-order valence-electron chi connectivity index (χ2n) is 7.07. The number of nitrogens with zero attached hydrogens (tertiary/aromatic N) is 1.